The van der Waals surface area contributed by atoms with E-state index in [1.165, 1.54) is 17.1 Å². The Balaban J connectivity index is 1.22. The Hall–Kier alpha value is -2.18. The summed E-state index contributed by atoms with van der Waals surface area (Å²) in [5, 5.41) is 3.05. The number of nitrogens with one attached hydrogen (secondary N) is 1. The SMILES string of the molecule is CC1CCN(C(=O)CCCCCNC(=O)C2CCC(CN3C(=O)C=CC3=O)CC2)CC1. The lowest BCUT2D eigenvalue weighted by molar-refractivity contribution is -0.138. The molecule has 2 heterocycles. The van der Waals surface area contributed by atoms with Crippen LogP contribution in [-0.2, 0) is 19.2 Å². The minimum Gasteiger partial charge on any atom is -0.356 e. The van der Waals surface area contributed by atoms with Crippen molar-refractivity contribution in [3.05, 3.63) is 12.2 Å². The number of nitrogens with zero attached hydrogens (tertiary/aromatic N) is 2. The molecule has 0 unspecified atom stereocenters. The van der Waals surface area contributed by atoms with E-state index >= 15 is 0 Å². The van der Waals surface area contributed by atoms with Gasteiger partial charge in [-0.15, -0.1) is 0 Å². The fourth-order valence-electron chi connectivity index (χ4n) is 4.83. The lowest BCUT2D eigenvalue weighted by atomic mass is 9.81. The second-order valence-electron chi connectivity index (χ2n) is 9.50. The van der Waals surface area contributed by atoms with Gasteiger partial charge in [0.05, 0.1) is 0 Å². The molecule has 2 aliphatic heterocycles. The van der Waals surface area contributed by atoms with Gasteiger partial charge in [0.2, 0.25) is 11.8 Å². The third-order valence-corrected chi connectivity index (χ3v) is 7.06. The van der Waals surface area contributed by atoms with Gasteiger partial charge < -0.3 is 10.2 Å². The summed E-state index contributed by atoms with van der Waals surface area (Å²) < 4.78 is 0. The second kappa shape index (κ2) is 11.4. The predicted octanol–water partition coefficient (Wildman–Crippen LogP) is 2.65. The van der Waals surface area contributed by atoms with Crippen LogP contribution in [0.15, 0.2) is 12.2 Å². The summed E-state index contributed by atoms with van der Waals surface area (Å²) >= 11 is 0. The van der Waals surface area contributed by atoms with Crippen LogP contribution in [-0.4, -0.2) is 59.6 Å². The van der Waals surface area contributed by atoms with Crippen LogP contribution in [0.2, 0.25) is 0 Å². The zero-order valence-electron chi connectivity index (χ0n) is 18.8. The lowest BCUT2D eigenvalue weighted by Gasteiger charge is -2.30. The molecular formula is C24H37N3O4. The quantitative estimate of drug-likeness (QED) is 0.449. The minimum atomic E-state index is -0.225. The summed E-state index contributed by atoms with van der Waals surface area (Å²) in [6.45, 7) is 5.18. The Bertz CT molecular complexity index is 671. The molecule has 4 amide bonds. The summed E-state index contributed by atoms with van der Waals surface area (Å²) in [7, 11) is 0. The zero-order valence-corrected chi connectivity index (χ0v) is 18.8. The minimum absolute atomic E-state index is 0.0300. The van der Waals surface area contributed by atoms with Gasteiger partial charge in [0.15, 0.2) is 0 Å². The molecule has 1 aliphatic carbocycles. The van der Waals surface area contributed by atoms with E-state index in [0.717, 1.165) is 76.8 Å². The Morgan fingerprint density at radius 3 is 2.23 bits per heavy atom. The largest absolute Gasteiger partial charge is 0.356 e. The molecule has 1 N–H and O–H groups in total. The van der Waals surface area contributed by atoms with Gasteiger partial charge in [-0.25, -0.2) is 0 Å². The van der Waals surface area contributed by atoms with E-state index in [4.69, 9.17) is 0 Å². The van der Waals surface area contributed by atoms with Gasteiger partial charge in [-0.3, -0.25) is 24.1 Å². The van der Waals surface area contributed by atoms with Crippen LogP contribution in [0.1, 0.15) is 71.1 Å². The molecular weight excluding hydrogens is 394 g/mol. The van der Waals surface area contributed by atoms with Crippen molar-refractivity contribution >= 4 is 23.6 Å². The average molecular weight is 432 g/mol. The predicted molar refractivity (Wildman–Crippen MR) is 118 cm³/mol. The molecule has 0 atom stereocenters. The third kappa shape index (κ3) is 6.91. The second-order valence-corrected chi connectivity index (χ2v) is 9.50. The molecule has 7 heteroatoms. The van der Waals surface area contributed by atoms with Crippen molar-refractivity contribution in [1.82, 2.24) is 15.1 Å². The number of hydrogen-bond acceptors (Lipinski definition) is 4. The van der Waals surface area contributed by atoms with Gasteiger partial charge in [-0.1, -0.05) is 13.3 Å². The molecule has 0 spiro atoms. The van der Waals surface area contributed by atoms with Gasteiger partial charge in [-0.2, -0.15) is 0 Å². The normalized spacial score (nSPS) is 24.7. The molecule has 0 aromatic heterocycles. The standard InChI is InChI=1S/C24H37N3O4/c1-18-12-15-26(16-13-18)21(28)5-3-2-4-14-25-24(31)20-8-6-19(7-9-20)17-27-22(29)10-11-23(27)30/h10-11,18-20H,2-9,12-17H2,1H3,(H,25,31). The van der Waals surface area contributed by atoms with Gasteiger partial charge in [0.1, 0.15) is 0 Å². The zero-order chi connectivity index (χ0) is 22.2. The number of rotatable bonds is 9. The molecule has 2 fully saturated rings. The van der Waals surface area contributed by atoms with Crippen molar-refractivity contribution in [2.24, 2.45) is 17.8 Å². The summed E-state index contributed by atoms with van der Waals surface area (Å²) in [4.78, 5) is 51.3. The molecule has 3 rings (SSSR count). The van der Waals surface area contributed by atoms with Crippen molar-refractivity contribution in [2.75, 3.05) is 26.2 Å². The van der Waals surface area contributed by atoms with E-state index in [0.29, 0.717) is 19.5 Å². The molecule has 0 aromatic rings. The molecule has 172 valence electrons. The van der Waals surface area contributed by atoms with E-state index in [-0.39, 0.29) is 35.5 Å². The van der Waals surface area contributed by atoms with Gasteiger partial charge >= 0.3 is 0 Å². The number of amides is 4. The average Bonchev–Trinajstić information content (AvgIpc) is 3.09. The number of piperidine rings is 1. The topological polar surface area (TPSA) is 86.8 Å². The first-order valence-electron chi connectivity index (χ1n) is 12.0. The maximum Gasteiger partial charge on any atom is 0.253 e. The lowest BCUT2D eigenvalue weighted by Crippen LogP contribution is -2.38. The van der Waals surface area contributed by atoms with E-state index in [9.17, 15) is 19.2 Å². The summed E-state index contributed by atoms with van der Waals surface area (Å²) in [5.41, 5.74) is 0. The highest BCUT2D eigenvalue weighted by molar-refractivity contribution is 6.12. The number of likely N-dealkylation sites (tertiary alicyclic amines) is 1. The maximum atomic E-state index is 12.4. The Labute approximate surface area is 185 Å². The Morgan fingerprint density at radius 2 is 1.58 bits per heavy atom. The van der Waals surface area contributed by atoms with E-state index < -0.39 is 0 Å². The van der Waals surface area contributed by atoms with E-state index in [1.807, 2.05) is 4.90 Å². The van der Waals surface area contributed by atoms with Crippen molar-refractivity contribution in [3.8, 4) is 0 Å². The van der Waals surface area contributed by atoms with Crippen LogP contribution in [0.25, 0.3) is 0 Å². The Morgan fingerprint density at radius 1 is 0.935 bits per heavy atom. The van der Waals surface area contributed by atoms with Crippen molar-refractivity contribution < 1.29 is 19.2 Å². The van der Waals surface area contributed by atoms with Crippen LogP contribution in [0.5, 0.6) is 0 Å². The highest BCUT2D eigenvalue weighted by Gasteiger charge is 2.31. The van der Waals surface area contributed by atoms with Crippen LogP contribution >= 0.6 is 0 Å². The number of carbonyl (C=O) groups excluding carboxylic acids is 4. The summed E-state index contributed by atoms with van der Waals surface area (Å²) in [6, 6.07) is 0. The Kier molecular flexibility index (Phi) is 8.67. The number of unbranched alkanes of at least 4 members (excludes halogenated alkanes) is 2. The van der Waals surface area contributed by atoms with Crippen LogP contribution < -0.4 is 5.32 Å². The van der Waals surface area contributed by atoms with E-state index in [1.54, 1.807) is 0 Å². The van der Waals surface area contributed by atoms with Gasteiger partial charge in [-0.05, 0) is 63.2 Å². The fraction of sp³-hybridized carbons (Fsp3) is 0.750. The van der Waals surface area contributed by atoms with E-state index in [2.05, 4.69) is 12.2 Å². The number of imide groups is 1. The van der Waals surface area contributed by atoms with Gasteiger partial charge in [0.25, 0.3) is 11.8 Å². The maximum absolute atomic E-state index is 12.4. The monoisotopic (exact) mass is 431 g/mol. The molecule has 1 saturated carbocycles. The smallest absolute Gasteiger partial charge is 0.253 e. The highest BCUT2D eigenvalue weighted by atomic mass is 16.2. The first-order chi connectivity index (χ1) is 14.9. The first kappa shape index (κ1) is 23.5. The van der Waals surface area contributed by atoms with Crippen molar-refractivity contribution in [3.63, 3.8) is 0 Å². The third-order valence-electron chi connectivity index (χ3n) is 7.06. The molecule has 0 aromatic carbocycles. The highest BCUT2D eigenvalue weighted by Crippen LogP contribution is 2.30. The van der Waals surface area contributed by atoms with Crippen LogP contribution in [0.4, 0.5) is 0 Å². The molecule has 0 bridgehead atoms. The number of hydrogen-bond donors (Lipinski definition) is 1. The summed E-state index contributed by atoms with van der Waals surface area (Å²) in [5.74, 6) is 1.00. The van der Waals surface area contributed by atoms with Gasteiger partial charge in [0, 0.05) is 50.7 Å². The van der Waals surface area contributed by atoms with Crippen LogP contribution in [0.3, 0.4) is 0 Å². The van der Waals surface area contributed by atoms with Crippen molar-refractivity contribution in [2.45, 2.75) is 71.1 Å². The van der Waals surface area contributed by atoms with Crippen molar-refractivity contribution in [1.29, 1.82) is 0 Å². The number of carbonyl (C=O) groups is 4. The van der Waals surface area contributed by atoms with Crippen LogP contribution in [0, 0.1) is 17.8 Å². The first-order valence-corrected chi connectivity index (χ1v) is 12.0. The molecule has 7 nitrogen and oxygen atoms in total. The fourth-order valence-corrected chi connectivity index (χ4v) is 4.83. The molecule has 1 saturated heterocycles. The summed E-state index contributed by atoms with van der Waals surface area (Å²) in [6.07, 6.45) is 11.6. The molecule has 3 aliphatic rings. The molecule has 0 radical (unpaired) electrons. The molecule has 31 heavy (non-hydrogen) atoms.